The van der Waals surface area contributed by atoms with Crippen molar-refractivity contribution in [2.45, 2.75) is 0 Å². The zero-order valence-electron chi connectivity index (χ0n) is 33.9. The van der Waals surface area contributed by atoms with Crippen LogP contribution in [0, 0.1) is 35.8 Å². The summed E-state index contributed by atoms with van der Waals surface area (Å²) in [5, 5.41) is 26.0. The zero-order valence-corrected chi connectivity index (χ0v) is 33.9. The molecular formula is C56H30N8. The van der Waals surface area contributed by atoms with Crippen LogP contribution >= 0.6 is 0 Å². The molecule has 0 fully saturated rings. The second kappa shape index (κ2) is 15.1. The standard InChI is InChI=1S/C56H30N8/c1-59-47-18-8-3-16-44(47)50-32-49(61-56(62-50)45-17-4-9-19-48(45)60-2)35-23-25-36(26-24-35)55-37(33-57)29-40(30-38(55)34-58)64-53-22-12-7-15-43(53)46-31-39(27-28-54(46)64)63-51-20-10-5-13-41(51)42-14-6-11-21-52(42)63/h3-32H. The van der Waals surface area contributed by atoms with Gasteiger partial charge in [-0.2, -0.15) is 10.5 Å². The number of aromatic nitrogens is 4. The Morgan fingerprint density at radius 3 is 1.48 bits per heavy atom. The second-order valence-corrected chi connectivity index (χ2v) is 15.4. The average molecular weight is 815 g/mol. The summed E-state index contributed by atoms with van der Waals surface area (Å²) in [4.78, 5) is 17.2. The number of nitriles is 2. The first-order valence-corrected chi connectivity index (χ1v) is 20.5. The van der Waals surface area contributed by atoms with Crippen LogP contribution in [0.25, 0.3) is 110 Å². The van der Waals surface area contributed by atoms with Gasteiger partial charge in [0.05, 0.1) is 69.9 Å². The number of hydrogen-bond acceptors (Lipinski definition) is 4. The molecule has 64 heavy (non-hydrogen) atoms. The average Bonchev–Trinajstić information content (AvgIpc) is 3.88. The van der Waals surface area contributed by atoms with E-state index in [1.54, 1.807) is 18.2 Å². The lowest BCUT2D eigenvalue weighted by atomic mass is 9.93. The first kappa shape index (κ1) is 37.4. The summed E-state index contributed by atoms with van der Waals surface area (Å²) < 4.78 is 4.45. The van der Waals surface area contributed by atoms with E-state index in [4.69, 9.17) is 23.1 Å². The highest BCUT2D eigenvalue weighted by atomic mass is 15.0. The molecule has 0 amide bonds. The minimum Gasteiger partial charge on any atom is -0.309 e. The van der Waals surface area contributed by atoms with Crippen LogP contribution in [0.15, 0.2) is 182 Å². The minimum atomic E-state index is 0.366. The molecule has 11 aromatic rings. The van der Waals surface area contributed by atoms with E-state index in [0.717, 1.165) is 44.1 Å². The monoisotopic (exact) mass is 814 g/mol. The molecule has 0 saturated heterocycles. The van der Waals surface area contributed by atoms with E-state index in [1.165, 1.54) is 10.8 Å². The maximum absolute atomic E-state index is 10.7. The van der Waals surface area contributed by atoms with Crippen molar-refractivity contribution in [1.29, 1.82) is 10.5 Å². The predicted octanol–water partition coefficient (Wildman–Crippen LogP) is 14.2. The molecule has 0 spiro atoms. The molecule has 8 aromatic carbocycles. The van der Waals surface area contributed by atoms with Gasteiger partial charge in [-0.3, -0.25) is 0 Å². The third-order valence-electron chi connectivity index (χ3n) is 11.9. The van der Waals surface area contributed by atoms with E-state index in [2.05, 4.69) is 110 Å². The topological polar surface area (TPSA) is 91.9 Å². The van der Waals surface area contributed by atoms with Crippen LogP contribution in [0.4, 0.5) is 11.4 Å². The van der Waals surface area contributed by atoms with Crippen LogP contribution in [-0.4, -0.2) is 19.1 Å². The number of hydrogen-bond donors (Lipinski definition) is 0. The lowest BCUT2D eigenvalue weighted by Crippen LogP contribution is -1.99. The van der Waals surface area contributed by atoms with Gasteiger partial charge in [0, 0.05) is 55.2 Å². The Labute approximate surface area is 367 Å². The van der Waals surface area contributed by atoms with E-state index in [9.17, 15) is 10.5 Å². The molecule has 294 valence electrons. The van der Waals surface area contributed by atoms with Crippen molar-refractivity contribution in [3.63, 3.8) is 0 Å². The Hall–Kier alpha value is -9.60. The Balaban J connectivity index is 1.02. The van der Waals surface area contributed by atoms with Crippen LogP contribution < -0.4 is 0 Å². The fraction of sp³-hybridized carbons (Fsp3) is 0. The van der Waals surface area contributed by atoms with Crippen molar-refractivity contribution in [2.24, 2.45) is 0 Å². The highest BCUT2D eigenvalue weighted by Gasteiger charge is 2.21. The molecule has 8 heteroatoms. The number of benzene rings is 8. The fourth-order valence-electron chi connectivity index (χ4n) is 9.03. The summed E-state index contributed by atoms with van der Waals surface area (Å²) >= 11 is 0. The van der Waals surface area contributed by atoms with Crippen molar-refractivity contribution >= 4 is 55.0 Å². The SMILES string of the molecule is [C-]#[N+]c1ccccc1-c1cc(-c2ccc(-c3c(C#N)cc(-n4c5ccccc5c5cc(-n6c7ccccc7c7ccccc76)ccc54)cc3C#N)cc2)nc(-c2ccccc2[N+]#[C-])n1. The van der Waals surface area contributed by atoms with E-state index in [-0.39, 0.29) is 0 Å². The van der Waals surface area contributed by atoms with Crippen LogP contribution in [0.2, 0.25) is 0 Å². The van der Waals surface area contributed by atoms with Gasteiger partial charge < -0.3 is 9.13 Å². The molecule has 0 saturated carbocycles. The van der Waals surface area contributed by atoms with Gasteiger partial charge in [0.25, 0.3) is 0 Å². The van der Waals surface area contributed by atoms with Gasteiger partial charge in [0.15, 0.2) is 11.4 Å². The summed E-state index contributed by atoms with van der Waals surface area (Å²) in [5.41, 5.74) is 11.9. The van der Waals surface area contributed by atoms with E-state index >= 15 is 0 Å². The normalized spacial score (nSPS) is 11.1. The molecule has 0 aliphatic carbocycles. The van der Waals surface area contributed by atoms with Crippen molar-refractivity contribution in [2.75, 3.05) is 0 Å². The molecule has 0 bridgehead atoms. The summed E-state index contributed by atoms with van der Waals surface area (Å²) in [6.45, 7) is 15.6. The van der Waals surface area contributed by atoms with Crippen molar-refractivity contribution < 1.29 is 0 Å². The Morgan fingerprint density at radius 2 is 0.891 bits per heavy atom. The number of nitrogens with zero attached hydrogens (tertiary/aromatic N) is 8. The summed E-state index contributed by atoms with van der Waals surface area (Å²) in [6.07, 6.45) is 0. The van der Waals surface area contributed by atoms with Gasteiger partial charge in [-0.05, 0) is 60.2 Å². The van der Waals surface area contributed by atoms with E-state index < -0.39 is 0 Å². The molecule has 8 nitrogen and oxygen atoms in total. The quantitative estimate of drug-likeness (QED) is 0.156. The molecule has 0 aliphatic heterocycles. The minimum absolute atomic E-state index is 0.366. The smallest absolute Gasteiger partial charge is 0.198 e. The molecule has 0 unspecified atom stereocenters. The molecule has 0 radical (unpaired) electrons. The summed E-state index contributed by atoms with van der Waals surface area (Å²) in [5.74, 6) is 0.366. The zero-order chi connectivity index (χ0) is 43.3. The van der Waals surface area contributed by atoms with Crippen LogP contribution in [0.5, 0.6) is 0 Å². The molecule has 11 rings (SSSR count). The summed E-state index contributed by atoms with van der Waals surface area (Å²) in [7, 11) is 0. The first-order chi connectivity index (χ1) is 31.6. The number of rotatable bonds is 6. The van der Waals surface area contributed by atoms with Gasteiger partial charge in [0.1, 0.15) is 5.82 Å². The summed E-state index contributed by atoms with van der Waals surface area (Å²) in [6, 6.07) is 64.2. The van der Waals surface area contributed by atoms with Crippen molar-refractivity contribution in [3.8, 4) is 68.5 Å². The highest BCUT2D eigenvalue weighted by Crippen LogP contribution is 2.40. The number of para-hydroxylation sites is 5. The van der Waals surface area contributed by atoms with E-state index in [0.29, 0.717) is 67.7 Å². The molecule has 0 atom stereocenters. The molecule has 0 N–H and O–H groups in total. The maximum atomic E-state index is 10.7. The lowest BCUT2D eigenvalue weighted by molar-refractivity contribution is 1.16. The van der Waals surface area contributed by atoms with Crippen LogP contribution in [-0.2, 0) is 0 Å². The number of fused-ring (bicyclic) bond motifs is 6. The van der Waals surface area contributed by atoms with Gasteiger partial charge in [-0.15, -0.1) is 0 Å². The lowest BCUT2D eigenvalue weighted by Gasteiger charge is -2.14. The maximum Gasteiger partial charge on any atom is 0.198 e. The van der Waals surface area contributed by atoms with Crippen molar-refractivity contribution in [3.05, 3.63) is 216 Å². The van der Waals surface area contributed by atoms with Crippen LogP contribution in [0.3, 0.4) is 0 Å². The van der Waals surface area contributed by atoms with Gasteiger partial charge >= 0.3 is 0 Å². The third-order valence-corrected chi connectivity index (χ3v) is 11.9. The van der Waals surface area contributed by atoms with E-state index in [1.807, 2.05) is 84.9 Å². The first-order valence-electron chi connectivity index (χ1n) is 20.5. The molecule has 3 aromatic heterocycles. The molecular weight excluding hydrogens is 785 g/mol. The Bertz CT molecular complexity index is 3730. The Kier molecular flexibility index (Phi) is 8.85. The van der Waals surface area contributed by atoms with Gasteiger partial charge in [-0.25, -0.2) is 19.7 Å². The third kappa shape index (κ3) is 5.96. The van der Waals surface area contributed by atoms with Gasteiger partial charge in [0.2, 0.25) is 0 Å². The molecule has 3 heterocycles. The fourth-order valence-corrected chi connectivity index (χ4v) is 9.03. The van der Waals surface area contributed by atoms with Gasteiger partial charge in [-0.1, -0.05) is 127 Å². The predicted molar refractivity (Wildman–Crippen MR) is 254 cm³/mol. The second-order valence-electron chi connectivity index (χ2n) is 15.4. The highest BCUT2D eigenvalue weighted by molar-refractivity contribution is 6.12. The Morgan fingerprint density at radius 1 is 0.422 bits per heavy atom. The molecule has 0 aliphatic rings. The van der Waals surface area contributed by atoms with Crippen molar-refractivity contribution in [1.82, 2.24) is 19.1 Å². The van der Waals surface area contributed by atoms with Crippen LogP contribution in [0.1, 0.15) is 11.1 Å². The largest absolute Gasteiger partial charge is 0.309 e.